The number of ether oxygens (including phenoxy) is 1. The van der Waals surface area contributed by atoms with Gasteiger partial charge >= 0.3 is 0 Å². The summed E-state index contributed by atoms with van der Waals surface area (Å²) in [6.07, 6.45) is 3.40. The smallest absolute Gasteiger partial charge is 0.264 e. The molecular formula is C16H23NO3S. The van der Waals surface area contributed by atoms with Gasteiger partial charge in [-0.25, -0.2) is 0 Å². The lowest BCUT2D eigenvalue weighted by molar-refractivity contribution is -0.0660. The van der Waals surface area contributed by atoms with Gasteiger partial charge in [-0.05, 0) is 30.9 Å². The second-order valence-corrected chi connectivity index (χ2v) is 7.57. The molecule has 1 N–H and O–H groups in total. The molecule has 1 aliphatic carbocycles. The zero-order chi connectivity index (χ0) is 15.0. The van der Waals surface area contributed by atoms with Crippen molar-refractivity contribution in [2.45, 2.75) is 38.4 Å². The van der Waals surface area contributed by atoms with E-state index < -0.39 is 5.60 Å². The second kappa shape index (κ2) is 5.71. The first-order valence-electron chi connectivity index (χ1n) is 7.64. The summed E-state index contributed by atoms with van der Waals surface area (Å²) in [6, 6.07) is 3.81. The number of aliphatic hydroxyl groups is 1. The molecule has 0 unspecified atom stereocenters. The van der Waals surface area contributed by atoms with Gasteiger partial charge in [0.2, 0.25) is 0 Å². The molecule has 21 heavy (non-hydrogen) atoms. The number of hydrogen-bond acceptors (Lipinski definition) is 4. The second-order valence-electron chi connectivity index (χ2n) is 6.40. The minimum Gasteiger partial charge on any atom is -0.387 e. The van der Waals surface area contributed by atoms with E-state index in [2.05, 4.69) is 6.92 Å². The van der Waals surface area contributed by atoms with E-state index in [1.165, 1.54) is 17.8 Å². The summed E-state index contributed by atoms with van der Waals surface area (Å²) in [5, 5.41) is 10.9. The Kier molecular flexibility index (Phi) is 4.08. The molecule has 5 heteroatoms. The van der Waals surface area contributed by atoms with Crippen LogP contribution in [0, 0.1) is 11.8 Å². The first-order valence-corrected chi connectivity index (χ1v) is 8.45. The average molecular weight is 309 g/mol. The molecule has 2 atom stereocenters. The summed E-state index contributed by atoms with van der Waals surface area (Å²) in [5.74, 6) is 0.576. The van der Waals surface area contributed by atoms with Gasteiger partial charge in [-0.2, -0.15) is 0 Å². The van der Waals surface area contributed by atoms with Crippen LogP contribution in [0.4, 0.5) is 0 Å². The van der Waals surface area contributed by atoms with E-state index in [1.807, 2.05) is 17.0 Å². The molecule has 1 aliphatic heterocycles. The van der Waals surface area contributed by atoms with Crippen LogP contribution in [0.25, 0.3) is 0 Å². The average Bonchev–Trinajstić information content (AvgIpc) is 2.94. The van der Waals surface area contributed by atoms with Crippen LogP contribution >= 0.6 is 11.3 Å². The lowest BCUT2D eigenvalue weighted by Crippen LogP contribution is -2.48. The van der Waals surface area contributed by atoms with E-state index in [1.54, 1.807) is 7.11 Å². The van der Waals surface area contributed by atoms with Crippen LogP contribution in [0.5, 0.6) is 0 Å². The molecule has 2 fully saturated rings. The Bertz CT molecular complexity index is 525. The molecule has 1 saturated heterocycles. The summed E-state index contributed by atoms with van der Waals surface area (Å²) in [7, 11) is 1.65. The number of amides is 1. The highest BCUT2D eigenvalue weighted by molar-refractivity contribution is 7.14. The Labute approximate surface area is 129 Å². The van der Waals surface area contributed by atoms with E-state index in [4.69, 9.17) is 4.74 Å². The minimum atomic E-state index is -0.680. The normalized spacial score (nSPS) is 29.7. The fraction of sp³-hybridized carbons (Fsp3) is 0.688. The quantitative estimate of drug-likeness (QED) is 0.930. The topological polar surface area (TPSA) is 49.8 Å². The van der Waals surface area contributed by atoms with Gasteiger partial charge in [0.25, 0.3) is 5.91 Å². The van der Waals surface area contributed by atoms with Crippen molar-refractivity contribution in [3.8, 4) is 0 Å². The SMILES string of the molecule is COCc1ccc(C(=O)N2C[C@@H](C)[C@](O)(C3CCC3)C2)s1. The minimum absolute atomic E-state index is 0.0458. The largest absolute Gasteiger partial charge is 0.387 e. The van der Waals surface area contributed by atoms with E-state index >= 15 is 0 Å². The maximum Gasteiger partial charge on any atom is 0.264 e. The first kappa shape index (κ1) is 15.0. The third-order valence-electron chi connectivity index (χ3n) is 5.05. The van der Waals surface area contributed by atoms with Crippen molar-refractivity contribution in [2.75, 3.05) is 20.2 Å². The molecule has 1 amide bonds. The number of carbonyl (C=O) groups excluding carboxylic acids is 1. The monoisotopic (exact) mass is 309 g/mol. The predicted octanol–water partition coefficient (Wildman–Crippen LogP) is 2.52. The van der Waals surface area contributed by atoms with Gasteiger partial charge in [-0.15, -0.1) is 11.3 Å². The number of β-amino-alcohol motifs (C(OH)–C–C–N with tert-alkyl or cyclic N) is 1. The summed E-state index contributed by atoms with van der Waals surface area (Å²) < 4.78 is 5.10. The van der Waals surface area contributed by atoms with E-state index in [-0.39, 0.29) is 11.8 Å². The van der Waals surface area contributed by atoms with Crippen LogP contribution < -0.4 is 0 Å². The van der Waals surface area contributed by atoms with Crippen molar-refractivity contribution in [3.63, 3.8) is 0 Å². The summed E-state index contributed by atoms with van der Waals surface area (Å²) in [4.78, 5) is 16.2. The Morgan fingerprint density at radius 2 is 2.29 bits per heavy atom. The van der Waals surface area contributed by atoms with Crippen LogP contribution in [0.15, 0.2) is 12.1 Å². The lowest BCUT2D eigenvalue weighted by Gasteiger charge is -2.41. The number of thiophene rings is 1. The number of carbonyl (C=O) groups is 1. The molecule has 3 rings (SSSR count). The van der Waals surface area contributed by atoms with Crippen LogP contribution in [-0.2, 0) is 11.3 Å². The Morgan fingerprint density at radius 3 is 2.90 bits per heavy atom. The lowest BCUT2D eigenvalue weighted by atomic mass is 9.69. The van der Waals surface area contributed by atoms with Crippen LogP contribution in [0.2, 0.25) is 0 Å². The number of hydrogen-bond donors (Lipinski definition) is 1. The number of rotatable bonds is 4. The van der Waals surface area contributed by atoms with Crippen molar-refractivity contribution in [2.24, 2.45) is 11.8 Å². The van der Waals surface area contributed by atoms with Crippen molar-refractivity contribution in [1.82, 2.24) is 4.90 Å². The zero-order valence-corrected chi connectivity index (χ0v) is 13.5. The fourth-order valence-electron chi connectivity index (χ4n) is 3.48. The zero-order valence-electron chi connectivity index (χ0n) is 12.7. The van der Waals surface area contributed by atoms with Crippen LogP contribution in [0.3, 0.4) is 0 Å². The van der Waals surface area contributed by atoms with Gasteiger partial charge in [0.15, 0.2) is 0 Å². The standard InChI is InChI=1S/C16H23NO3S/c1-11-8-17(10-16(11,19)12-4-3-5-12)15(18)14-7-6-13(21-14)9-20-2/h6-7,11-12,19H,3-5,8-10H2,1-2H3/t11-,16+/m1/s1. The van der Waals surface area contributed by atoms with Crippen molar-refractivity contribution < 1.29 is 14.6 Å². The van der Waals surface area contributed by atoms with Crippen LogP contribution in [-0.4, -0.2) is 41.7 Å². The van der Waals surface area contributed by atoms with Crippen molar-refractivity contribution >= 4 is 17.2 Å². The van der Waals surface area contributed by atoms with Crippen molar-refractivity contribution in [1.29, 1.82) is 0 Å². The molecule has 116 valence electrons. The van der Waals surface area contributed by atoms with Gasteiger partial charge in [-0.1, -0.05) is 13.3 Å². The molecule has 1 saturated carbocycles. The third-order valence-corrected chi connectivity index (χ3v) is 6.10. The molecule has 1 aromatic heterocycles. The highest BCUT2D eigenvalue weighted by atomic mass is 32.1. The molecule has 2 aliphatic rings. The summed E-state index contributed by atoms with van der Waals surface area (Å²) in [6.45, 7) is 3.75. The molecular weight excluding hydrogens is 286 g/mol. The third kappa shape index (κ3) is 2.62. The first-order chi connectivity index (χ1) is 10.0. The molecule has 0 radical (unpaired) electrons. The van der Waals surface area contributed by atoms with Gasteiger partial charge in [0.05, 0.1) is 23.6 Å². The maximum atomic E-state index is 12.6. The highest BCUT2D eigenvalue weighted by Gasteiger charge is 2.51. The van der Waals surface area contributed by atoms with Gasteiger partial charge < -0.3 is 14.7 Å². The maximum absolute atomic E-state index is 12.6. The molecule has 0 spiro atoms. The molecule has 1 aromatic rings. The summed E-state index contributed by atoms with van der Waals surface area (Å²) >= 11 is 1.48. The van der Waals surface area contributed by atoms with E-state index in [0.29, 0.717) is 25.6 Å². The Balaban J connectivity index is 1.70. The summed E-state index contributed by atoms with van der Waals surface area (Å²) in [5.41, 5.74) is -0.680. The number of nitrogens with zero attached hydrogens (tertiary/aromatic N) is 1. The number of likely N-dealkylation sites (tertiary alicyclic amines) is 1. The molecule has 0 aromatic carbocycles. The fourth-order valence-corrected chi connectivity index (χ4v) is 4.43. The predicted molar refractivity (Wildman–Crippen MR) is 82.4 cm³/mol. The highest BCUT2D eigenvalue weighted by Crippen LogP contribution is 2.44. The molecule has 0 bridgehead atoms. The Hall–Kier alpha value is -0.910. The molecule has 2 heterocycles. The van der Waals surface area contributed by atoms with E-state index in [0.717, 1.165) is 22.6 Å². The van der Waals surface area contributed by atoms with Crippen LogP contribution in [0.1, 0.15) is 40.7 Å². The Morgan fingerprint density at radius 1 is 1.52 bits per heavy atom. The van der Waals surface area contributed by atoms with E-state index in [9.17, 15) is 9.90 Å². The van der Waals surface area contributed by atoms with Gasteiger partial charge in [-0.3, -0.25) is 4.79 Å². The van der Waals surface area contributed by atoms with Crippen molar-refractivity contribution in [3.05, 3.63) is 21.9 Å². The molecule has 4 nitrogen and oxygen atoms in total. The number of methoxy groups -OCH3 is 1. The van der Waals surface area contributed by atoms with Gasteiger partial charge in [0.1, 0.15) is 0 Å². The van der Waals surface area contributed by atoms with Gasteiger partial charge in [0, 0.05) is 24.4 Å².